The fourth-order valence-corrected chi connectivity index (χ4v) is 2.78. The number of fused-ring (bicyclic) bond motifs is 1. The lowest BCUT2D eigenvalue weighted by molar-refractivity contribution is 0.101. The minimum Gasteiger partial charge on any atom is -0.294 e. The predicted molar refractivity (Wildman–Crippen MR) is 81.3 cm³/mol. The third kappa shape index (κ3) is 2.42. The van der Waals surface area contributed by atoms with E-state index in [2.05, 4.69) is 41.4 Å². The Hall–Kier alpha value is -2.22. The lowest BCUT2D eigenvalue weighted by atomic mass is 10.2. The number of nitrogens with one attached hydrogen (secondary N) is 2. The maximum absolute atomic E-state index is 12.5. The summed E-state index contributed by atoms with van der Waals surface area (Å²) in [6.45, 7) is 3.93. The highest BCUT2D eigenvalue weighted by molar-refractivity contribution is 9.10. The fraction of sp³-hybridized carbons (Fsp3) is 0.231. The topological polar surface area (TPSA) is 88.0 Å². The van der Waals surface area contributed by atoms with E-state index in [4.69, 9.17) is 0 Å². The zero-order valence-electron chi connectivity index (χ0n) is 11.5. The van der Waals surface area contributed by atoms with Crippen LogP contribution in [0, 0.1) is 6.92 Å². The smallest absolute Gasteiger partial charge is 0.276 e. The van der Waals surface area contributed by atoms with Crippen LogP contribution < -0.4 is 5.32 Å². The van der Waals surface area contributed by atoms with Crippen LogP contribution >= 0.6 is 15.9 Å². The number of rotatable bonds is 3. The van der Waals surface area contributed by atoms with Crippen molar-refractivity contribution >= 4 is 33.4 Å². The van der Waals surface area contributed by atoms with Gasteiger partial charge in [-0.3, -0.25) is 14.5 Å². The molecule has 0 saturated heterocycles. The molecule has 0 aromatic carbocycles. The number of amides is 1. The minimum atomic E-state index is -0.270. The summed E-state index contributed by atoms with van der Waals surface area (Å²) in [6.07, 6.45) is 3.84. The second-order valence-electron chi connectivity index (χ2n) is 4.58. The molecular formula is C13H13BrN6O. The van der Waals surface area contributed by atoms with Crippen LogP contribution in [0.2, 0.25) is 0 Å². The Morgan fingerprint density at radius 2 is 2.33 bits per heavy atom. The molecule has 0 bridgehead atoms. The molecule has 8 heteroatoms. The number of hydrogen-bond donors (Lipinski definition) is 2. The fourth-order valence-electron chi connectivity index (χ4n) is 2.23. The standard InChI is InChI=1S/C13H13BrN6O/c1-3-9-10(12(21)18-13-15-6-16-19-13)20-5-8(14)4-7(2)11(20)17-9/h4-6H,3H2,1-2H3,(H2,15,16,18,19,21). The summed E-state index contributed by atoms with van der Waals surface area (Å²) in [5, 5.41) is 9.00. The SMILES string of the molecule is CCc1nc2c(C)cc(Br)cn2c1C(=O)Nc1ncn[nH]1. The Kier molecular flexibility index (Phi) is 3.46. The van der Waals surface area contributed by atoms with Crippen molar-refractivity contribution in [3.05, 3.63) is 40.0 Å². The molecule has 0 aliphatic carbocycles. The van der Waals surface area contributed by atoms with Gasteiger partial charge >= 0.3 is 0 Å². The molecule has 21 heavy (non-hydrogen) atoms. The number of aromatic amines is 1. The first-order chi connectivity index (χ1) is 10.1. The quantitative estimate of drug-likeness (QED) is 0.760. The van der Waals surface area contributed by atoms with Crippen LogP contribution in [0.3, 0.4) is 0 Å². The number of aryl methyl sites for hydroxylation is 2. The first-order valence-corrected chi connectivity index (χ1v) is 7.23. The lowest BCUT2D eigenvalue weighted by Gasteiger charge is -2.05. The molecule has 0 aliphatic rings. The van der Waals surface area contributed by atoms with Crippen molar-refractivity contribution < 1.29 is 4.79 Å². The minimum absolute atomic E-state index is 0.270. The van der Waals surface area contributed by atoms with Crippen LogP contribution in [0.4, 0.5) is 5.95 Å². The van der Waals surface area contributed by atoms with Gasteiger partial charge in [0.1, 0.15) is 17.7 Å². The number of H-pyrrole nitrogens is 1. The Bertz CT molecular complexity index is 808. The molecule has 3 aromatic rings. The number of pyridine rings is 1. The van der Waals surface area contributed by atoms with Crippen LogP contribution in [0.5, 0.6) is 0 Å². The van der Waals surface area contributed by atoms with E-state index in [1.165, 1.54) is 6.33 Å². The number of nitrogens with zero attached hydrogens (tertiary/aromatic N) is 4. The first-order valence-electron chi connectivity index (χ1n) is 6.44. The number of anilines is 1. The third-order valence-corrected chi connectivity index (χ3v) is 3.57. The monoisotopic (exact) mass is 348 g/mol. The first kappa shape index (κ1) is 13.7. The molecule has 1 amide bonds. The Balaban J connectivity index is 2.13. The Morgan fingerprint density at radius 1 is 1.52 bits per heavy atom. The van der Waals surface area contributed by atoms with Gasteiger partial charge < -0.3 is 0 Å². The zero-order chi connectivity index (χ0) is 15.0. The van der Waals surface area contributed by atoms with E-state index >= 15 is 0 Å². The molecule has 0 spiro atoms. The van der Waals surface area contributed by atoms with Crippen molar-refractivity contribution in [2.75, 3.05) is 5.32 Å². The number of hydrogen-bond acceptors (Lipinski definition) is 4. The highest BCUT2D eigenvalue weighted by atomic mass is 79.9. The van der Waals surface area contributed by atoms with E-state index in [0.717, 1.165) is 21.4 Å². The van der Waals surface area contributed by atoms with E-state index in [0.29, 0.717) is 18.1 Å². The van der Waals surface area contributed by atoms with Crippen LogP contribution in [0.1, 0.15) is 28.7 Å². The molecule has 0 fully saturated rings. The van der Waals surface area contributed by atoms with Crippen molar-refractivity contribution in [3.63, 3.8) is 0 Å². The molecule has 7 nitrogen and oxygen atoms in total. The maximum Gasteiger partial charge on any atom is 0.276 e. The second kappa shape index (κ2) is 5.28. The van der Waals surface area contributed by atoms with E-state index in [9.17, 15) is 4.79 Å². The molecule has 0 unspecified atom stereocenters. The second-order valence-corrected chi connectivity index (χ2v) is 5.50. The number of carbonyl (C=O) groups excluding carboxylic acids is 1. The van der Waals surface area contributed by atoms with Gasteiger partial charge in [-0.25, -0.2) is 10.1 Å². The molecule has 108 valence electrons. The molecule has 0 radical (unpaired) electrons. The summed E-state index contributed by atoms with van der Waals surface area (Å²) in [5.74, 6) is 0.0392. The molecule has 3 aromatic heterocycles. The van der Waals surface area contributed by atoms with E-state index in [1.54, 1.807) is 4.40 Å². The van der Waals surface area contributed by atoms with E-state index in [-0.39, 0.29) is 5.91 Å². The Labute approximate surface area is 128 Å². The lowest BCUT2D eigenvalue weighted by Crippen LogP contribution is -2.17. The third-order valence-electron chi connectivity index (χ3n) is 3.14. The van der Waals surface area contributed by atoms with Gasteiger partial charge in [-0.2, -0.15) is 10.1 Å². The summed E-state index contributed by atoms with van der Waals surface area (Å²) in [6, 6.07) is 1.97. The zero-order valence-corrected chi connectivity index (χ0v) is 13.1. The van der Waals surface area contributed by atoms with Crippen molar-refractivity contribution in [1.82, 2.24) is 24.6 Å². The average molecular weight is 349 g/mol. The van der Waals surface area contributed by atoms with Gasteiger partial charge in [-0.05, 0) is 40.9 Å². The van der Waals surface area contributed by atoms with Crippen molar-refractivity contribution in [3.8, 4) is 0 Å². The van der Waals surface area contributed by atoms with Gasteiger partial charge in [0.25, 0.3) is 5.91 Å². The summed E-state index contributed by atoms with van der Waals surface area (Å²) in [7, 11) is 0. The predicted octanol–water partition coefficient (Wildman–Crippen LogP) is 2.34. The average Bonchev–Trinajstić information content (AvgIpc) is 3.05. The van der Waals surface area contributed by atoms with Crippen LogP contribution in [-0.4, -0.2) is 30.5 Å². The molecule has 0 aliphatic heterocycles. The molecule has 3 heterocycles. The van der Waals surface area contributed by atoms with Gasteiger partial charge in [0.2, 0.25) is 5.95 Å². The van der Waals surface area contributed by atoms with Crippen LogP contribution in [0.15, 0.2) is 23.1 Å². The number of carbonyl (C=O) groups is 1. The molecule has 0 saturated carbocycles. The highest BCUT2D eigenvalue weighted by Gasteiger charge is 2.20. The van der Waals surface area contributed by atoms with Gasteiger partial charge in [-0.1, -0.05) is 6.92 Å². The molecular weight excluding hydrogens is 336 g/mol. The highest BCUT2D eigenvalue weighted by Crippen LogP contribution is 2.21. The Morgan fingerprint density at radius 3 is 3.00 bits per heavy atom. The molecule has 2 N–H and O–H groups in total. The molecule has 0 atom stereocenters. The number of aromatic nitrogens is 5. The number of imidazole rings is 1. The number of halogens is 1. The van der Waals surface area contributed by atoms with Crippen LogP contribution in [0.25, 0.3) is 5.65 Å². The summed E-state index contributed by atoms with van der Waals surface area (Å²) in [5.41, 5.74) is 3.03. The summed E-state index contributed by atoms with van der Waals surface area (Å²) < 4.78 is 2.69. The molecule has 3 rings (SSSR count). The van der Waals surface area contributed by atoms with Gasteiger partial charge in [0.15, 0.2) is 0 Å². The largest absolute Gasteiger partial charge is 0.294 e. The van der Waals surface area contributed by atoms with Crippen molar-refractivity contribution in [1.29, 1.82) is 0 Å². The summed E-state index contributed by atoms with van der Waals surface area (Å²) in [4.78, 5) is 21.0. The van der Waals surface area contributed by atoms with Gasteiger partial charge in [-0.15, -0.1) is 0 Å². The van der Waals surface area contributed by atoms with Crippen molar-refractivity contribution in [2.24, 2.45) is 0 Å². The van der Waals surface area contributed by atoms with Gasteiger partial charge in [0, 0.05) is 10.7 Å². The summed E-state index contributed by atoms with van der Waals surface area (Å²) >= 11 is 3.45. The van der Waals surface area contributed by atoms with E-state index in [1.807, 2.05) is 26.1 Å². The maximum atomic E-state index is 12.5. The normalized spacial score (nSPS) is 11.0. The van der Waals surface area contributed by atoms with Crippen LogP contribution in [-0.2, 0) is 6.42 Å². The van der Waals surface area contributed by atoms with E-state index < -0.39 is 0 Å². The van der Waals surface area contributed by atoms with Gasteiger partial charge in [0.05, 0.1) is 5.69 Å². The van der Waals surface area contributed by atoms with Crippen molar-refractivity contribution in [2.45, 2.75) is 20.3 Å².